The van der Waals surface area contributed by atoms with E-state index in [1.807, 2.05) is 28.8 Å². The molecule has 10 heteroatoms. The number of aromatic nitrogens is 3. The summed E-state index contributed by atoms with van der Waals surface area (Å²) >= 11 is 2.53. The van der Waals surface area contributed by atoms with Gasteiger partial charge in [0.25, 0.3) is 0 Å². The number of carbonyl (C=O) groups excluding carboxylic acids is 2. The van der Waals surface area contributed by atoms with Crippen molar-refractivity contribution in [2.75, 3.05) is 25.3 Å². The molecule has 1 N–H and O–H groups in total. The smallest absolute Gasteiger partial charge is 0.350 e. The van der Waals surface area contributed by atoms with Gasteiger partial charge >= 0.3 is 5.97 Å². The number of rotatable bonds is 10. The molecule has 0 saturated heterocycles. The molecule has 31 heavy (non-hydrogen) atoms. The van der Waals surface area contributed by atoms with E-state index in [4.69, 9.17) is 9.47 Å². The first-order chi connectivity index (χ1) is 15.1. The van der Waals surface area contributed by atoms with Gasteiger partial charge in [-0.1, -0.05) is 25.1 Å². The number of benzene rings is 1. The molecule has 0 radical (unpaired) electrons. The summed E-state index contributed by atoms with van der Waals surface area (Å²) in [5.41, 5.74) is 1.38. The van der Waals surface area contributed by atoms with Crippen LogP contribution >= 0.6 is 23.1 Å². The highest BCUT2D eigenvalue weighted by Crippen LogP contribution is 2.27. The van der Waals surface area contributed by atoms with Crippen LogP contribution in [-0.4, -0.2) is 46.6 Å². The molecule has 0 fully saturated rings. The fourth-order valence-corrected chi connectivity index (χ4v) is 4.37. The Morgan fingerprint density at radius 2 is 1.94 bits per heavy atom. The number of thiophene rings is 1. The molecule has 0 saturated carbocycles. The van der Waals surface area contributed by atoms with Crippen LogP contribution in [0, 0.1) is 0 Å². The summed E-state index contributed by atoms with van der Waals surface area (Å²) in [6.07, 6.45) is 2.00. The van der Waals surface area contributed by atoms with Gasteiger partial charge in [0.1, 0.15) is 10.6 Å². The van der Waals surface area contributed by atoms with Gasteiger partial charge in [-0.05, 0) is 42.1 Å². The van der Waals surface area contributed by atoms with Crippen LogP contribution in [0.3, 0.4) is 0 Å². The van der Waals surface area contributed by atoms with Crippen LogP contribution in [-0.2, 0) is 16.1 Å². The second-order valence-electron chi connectivity index (χ2n) is 6.53. The molecule has 2 heterocycles. The molecule has 0 aliphatic carbocycles. The number of nitrogens with one attached hydrogen (secondary N) is 1. The van der Waals surface area contributed by atoms with E-state index in [1.165, 1.54) is 30.2 Å². The molecule has 0 atom stereocenters. The normalized spacial score (nSPS) is 10.7. The van der Waals surface area contributed by atoms with E-state index in [1.54, 1.807) is 18.6 Å². The van der Waals surface area contributed by atoms with E-state index in [9.17, 15) is 9.59 Å². The first-order valence-electron chi connectivity index (χ1n) is 9.73. The maximum absolute atomic E-state index is 12.5. The van der Waals surface area contributed by atoms with Crippen LogP contribution in [0.15, 0.2) is 40.9 Å². The molecule has 0 unspecified atom stereocenters. The van der Waals surface area contributed by atoms with Gasteiger partial charge < -0.3 is 19.4 Å². The van der Waals surface area contributed by atoms with Crippen LogP contribution in [0.5, 0.6) is 5.75 Å². The Labute approximate surface area is 189 Å². The summed E-state index contributed by atoms with van der Waals surface area (Å²) in [5, 5.41) is 13.8. The van der Waals surface area contributed by atoms with Gasteiger partial charge in [0.2, 0.25) is 5.91 Å². The van der Waals surface area contributed by atoms with E-state index in [0.29, 0.717) is 15.7 Å². The largest absolute Gasteiger partial charge is 0.497 e. The second kappa shape index (κ2) is 11.0. The van der Waals surface area contributed by atoms with Crippen molar-refractivity contribution < 1.29 is 19.1 Å². The van der Waals surface area contributed by atoms with Crippen LogP contribution in [0.1, 0.15) is 29.4 Å². The molecule has 1 amide bonds. The molecule has 0 bridgehead atoms. The van der Waals surface area contributed by atoms with E-state index >= 15 is 0 Å². The average Bonchev–Trinajstić information content (AvgIpc) is 3.42. The summed E-state index contributed by atoms with van der Waals surface area (Å²) in [6.45, 7) is 2.88. The monoisotopic (exact) mass is 460 g/mol. The Hall–Kier alpha value is -2.85. The number of anilines is 1. The van der Waals surface area contributed by atoms with Crippen molar-refractivity contribution in [3.05, 3.63) is 40.6 Å². The van der Waals surface area contributed by atoms with Crippen molar-refractivity contribution >= 4 is 40.7 Å². The number of hydrogen-bond donors (Lipinski definition) is 1. The van der Waals surface area contributed by atoms with Gasteiger partial charge in [-0.15, -0.1) is 21.5 Å². The molecule has 0 spiro atoms. The Bertz CT molecular complexity index is 1030. The van der Waals surface area contributed by atoms with E-state index in [2.05, 4.69) is 22.4 Å². The number of thioether (sulfide) groups is 1. The standard InChI is InChI=1S/C21H24N4O4S2/c1-4-5-11-25-19(14-6-8-15(28-2)9-7-14)23-24-21(25)31-13-17(26)22-16-10-12-30-18(16)20(27)29-3/h6-10,12H,4-5,11,13H2,1-3H3,(H,22,26). The third-order valence-electron chi connectivity index (χ3n) is 4.44. The maximum Gasteiger partial charge on any atom is 0.350 e. The van der Waals surface area contributed by atoms with Crippen LogP contribution < -0.4 is 10.1 Å². The summed E-state index contributed by atoms with van der Waals surface area (Å²) in [5.74, 6) is 0.966. The van der Waals surface area contributed by atoms with Crippen molar-refractivity contribution in [1.29, 1.82) is 0 Å². The number of unbranched alkanes of at least 4 members (excludes halogenated alkanes) is 1. The van der Waals surface area contributed by atoms with E-state index in [0.717, 1.165) is 36.5 Å². The third kappa shape index (κ3) is 5.65. The number of nitrogens with zero attached hydrogens (tertiary/aromatic N) is 3. The lowest BCUT2D eigenvalue weighted by Gasteiger charge is -2.10. The lowest BCUT2D eigenvalue weighted by molar-refractivity contribution is -0.113. The molecular formula is C21H24N4O4S2. The summed E-state index contributed by atoms with van der Waals surface area (Å²) in [4.78, 5) is 24.6. The number of carbonyl (C=O) groups is 2. The number of esters is 1. The third-order valence-corrected chi connectivity index (χ3v) is 6.30. The molecule has 3 rings (SSSR count). The van der Waals surface area contributed by atoms with Crippen molar-refractivity contribution in [1.82, 2.24) is 14.8 Å². The molecule has 8 nitrogen and oxygen atoms in total. The molecule has 2 aromatic heterocycles. The summed E-state index contributed by atoms with van der Waals surface area (Å²) in [7, 11) is 2.94. The lowest BCUT2D eigenvalue weighted by Crippen LogP contribution is -2.16. The summed E-state index contributed by atoms with van der Waals surface area (Å²) in [6, 6.07) is 9.34. The van der Waals surface area contributed by atoms with Crippen molar-refractivity contribution in [3.8, 4) is 17.1 Å². The fourth-order valence-electron chi connectivity index (χ4n) is 2.84. The maximum atomic E-state index is 12.5. The Balaban J connectivity index is 1.72. The Morgan fingerprint density at radius 1 is 1.16 bits per heavy atom. The predicted octanol–water partition coefficient (Wildman–Crippen LogP) is 4.33. The fraction of sp³-hybridized carbons (Fsp3) is 0.333. The van der Waals surface area contributed by atoms with Crippen molar-refractivity contribution in [2.45, 2.75) is 31.5 Å². The minimum Gasteiger partial charge on any atom is -0.497 e. The summed E-state index contributed by atoms with van der Waals surface area (Å²) < 4.78 is 12.0. The molecule has 0 aliphatic heterocycles. The van der Waals surface area contributed by atoms with Crippen LogP contribution in [0.4, 0.5) is 5.69 Å². The lowest BCUT2D eigenvalue weighted by atomic mass is 10.2. The van der Waals surface area contributed by atoms with Crippen molar-refractivity contribution in [3.63, 3.8) is 0 Å². The van der Waals surface area contributed by atoms with Gasteiger partial charge in [0.05, 0.1) is 25.7 Å². The zero-order valence-corrected chi connectivity index (χ0v) is 19.2. The SMILES string of the molecule is CCCCn1c(SCC(=O)Nc2ccsc2C(=O)OC)nnc1-c1ccc(OC)cc1. The van der Waals surface area contributed by atoms with Crippen molar-refractivity contribution in [2.24, 2.45) is 0 Å². The Morgan fingerprint density at radius 3 is 2.61 bits per heavy atom. The van der Waals surface area contributed by atoms with Crippen LogP contribution in [0.2, 0.25) is 0 Å². The topological polar surface area (TPSA) is 95.3 Å². The number of hydrogen-bond acceptors (Lipinski definition) is 8. The highest BCUT2D eigenvalue weighted by molar-refractivity contribution is 7.99. The molecule has 1 aromatic carbocycles. The number of methoxy groups -OCH3 is 2. The minimum atomic E-state index is -0.471. The first-order valence-corrected chi connectivity index (χ1v) is 11.6. The first kappa shape index (κ1) is 22.8. The van der Waals surface area contributed by atoms with Crippen LogP contribution in [0.25, 0.3) is 11.4 Å². The molecule has 0 aliphatic rings. The predicted molar refractivity (Wildman–Crippen MR) is 122 cm³/mol. The molecule has 164 valence electrons. The van der Waals surface area contributed by atoms with E-state index in [-0.39, 0.29) is 11.7 Å². The number of amides is 1. The van der Waals surface area contributed by atoms with Gasteiger partial charge in [-0.2, -0.15) is 0 Å². The highest BCUT2D eigenvalue weighted by Gasteiger charge is 2.18. The minimum absolute atomic E-state index is 0.142. The Kier molecular flexibility index (Phi) is 8.07. The number of ether oxygens (including phenoxy) is 2. The van der Waals surface area contributed by atoms with Gasteiger partial charge in [0, 0.05) is 12.1 Å². The van der Waals surface area contributed by atoms with Gasteiger partial charge in [-0.3, -0.25) is 4.79 Å². The van der Waals surface area contributed by atoms with Gasteiger partial charge in [0.15, 0.2) is 11.0 Å². The zero-order chi connectivity index (χ0) is 22.2. The average molecular weight is 461 g/mol. The second-order valence-corrected chi connectivity index (χ2v) is 8.39. The molecule has 3 aromatic rings. The quantitative estimate of drug-likeness (QED) is 0.355. The highest BCUT2D eigenvalue weighted by atomic mass is 32.2. The van der Waals surface area contributed by atoms with E-state index < -0.39 is 5.97 Å². The van der Waals surface area contributed by atoms with Gasteiger partial charge in [-0.25, -0.2) is 4.79 Å². The molecular weight excluding hydrogens is 436 g/mol. The zero-order valence-electron chi connectivity index (χ0n) is 17.6.